The van der Waals surface area contributed by atoms with E-state index in [2.05, 4.69) is 22.2 Å². The summed E-state index contributed by atoms with van der Waals surface area (Å²) in [4.78, 5) is 2.37. The average Bonchev–Trinajstić information content (AvgIpc) is 2.40. The first-order chi connectivity index (χ1) is 8.31. The van der Waals surface area contributed by atoms with Crippen molar-refractivity contribution in [2.24, 2.45) is 5.16 Å². The maximum atomic E-state index is 8.68. The molecule has 1 fully saturated rings. The second kappa shape index (κ2) is 5.68. The Kier molecular flexibility index (Phi) is 3.98. The first-order valence-electron chi connectivity index (χ1n) is 5.87. The average molecular weight is 234 g/mol. The van der Waals surface area contributed by atoms with Crippen LogP contribution in [0.4, 0.5) is 0 Å². The number of hydrogen-bond acceptors (Lipinski definition) is 4. The highest BCUT2D eigenvalue weighted by Gasteiger charge is 2.15. The van der Waals surface area contributed by atoms with Crippen LogP contribution in [0.5, 0.6) is 5.75 Å². The maximum Gasteiger partial charge on any atom is 0.118 e. The van der Waals surface area contributed by atoms with E-state index in [4.69, 9.17) is 9.94 Å². The van der Waals surface area contributed by atoms with Gasteiger partial charge in [0, 0.05) is 32.5 Å². The molecule has 0 unspecified atom stereocenters. The molecule has 92 valence electrons. The van der Waals surface area contributed by atoms with Crippen molar-refractivity contribution in [3.63, 3.8) is 0 Å². The van der Waals surface area contributed by atoms with Crippen LogP contribution in [0.15, 0.2) is 29.4 Å². The summed E-state index contributed by atoms with van der Waals surface area (Å²) in [6.45, 7) is 2.87. The summed E-state index contributed by atoms with van der Waals surface area (Å²) >= 11 is 0. The van der Waals surface area contributed by atoms with Gasteiger partial charge in [-0.1, -0.05) is 17.3 Å². The van der Waals surface area contributed by atoms with Crippen molar-refractivity contribution in [2.75, 3.05) is 20.2 Å². The Morgan fingerprint density at radius 1 is 1.24 bits per heavy atom. The Morgan fingerprint density at radius 3 is 2.41 bits per heavy atom. The van der Waals surface area contributed by atoms with Crippen LogP contribution < -0.4 is 4.74 Å². The molecule has 1 aromatic rings. The molecule has 1 saturated heterocycles. The Labute approximate surface area is 101 Å². The zero-order valence-electron chi connectivity index (χ0n) is 10.1. The summed E-state index contributed by atoms with van der Waals surface area (Å²) in [6, 6.07) is 8.16. The van der Waals surface area contributed by atoms with Crippen LogP contribution >= 0.6 is 0 Å². The molecule has 0 aliphatic carbocycles. The summed E-state index contributed by atoms with van der Waals surface area (Å²) in [6.07, 6.45) is 1.74. The molecule has 0 atom stereocenters. The van der Waals surface area contributed by atoms with Crippen molar-refractivity contribution >= 4 is 5.71 Å². The number of rotatable bonds is 3. The van der Waals surface area contributed by atoms with Crippen LogP contribution in [0.1, 0.15) is 18.4 Å². The van der Waals surface area contributed by atoms with Gasteiger partial charge in [0.2, 0.25) is 0 Å². The number of likely N-dealkylation sites (tertiary alicyclic amines) is 1. The van der Waals surface area contributed by atoms with Gasteiger partial charge in [0.25, 0.3) is 0 Å². The molecule has 0 bridgehead atoms. The number of nitrogens with zero attached hydrogens (tertiary/aromatic N) is 2. The summed E-state index contributed by atoms with van der Waals surface area (Å²) in [5, 5.41) is 12.0. The number of methoxy groups -OCH3 is 1. The van der Waals surface area contributed by atoms with Crippen molar-refractivity contribution in [1.82, 2.24) is 4.90 Å². The minimum absolute atomic E-state index is 0.868. The molecule has 0 aromatic heterocycles. The standard InChI is InChI=1S/C13H18N2O2/c1-17-13-4-2-11(3-5-13)10-15-8-6-12(14-16)7-9-15/h2-5,16H,6-10H2,1H3. The highest BCUT2D eigenvalue weighted by atomic mass is 16.5. The lowest BCUT2D eigenvalue weighted by atomic mass is 10.1. The van der Waals surface area contributed by atoms with Crippen molar-refractivity contribution in [1.29, 1.82) is 0 Å². The Bertz CT molecular complexity index is 377. The molecule has 4 nitrogen and oxygen atoms in total. The third kappa shape index (κ3) is 3.20. The molecule has 17 heavy (non-hydrogen) atoms. The smallest absolute Gasteiger partial charge is 0.118 e. The van der Waals surface area contributed by atoms with Crippen LogP contribution in [0.25, 0.3) is 0 Å². The van der Waals surface area contributed by atoms with Crippen LogP contribution in [0.2, 0.25) is 0 Å². The van der Waals surface area contributed by atoms with Gasteiger partial charge in [-0.05, 0) is 17.7 Å². The lowest BCUT2D eigenvalue weighted by Crippen LogP contribution is -2.33. The van der Waals surface area contributed by atoms with Crippen LogP contribution in [-0.4, -0.2) is 36.0 Å². The van der Waals surface area contributed by atoms with Gasteiger partial charge in [0.1, 0.15) is 5.75 Å². The van der Waals surface area contributed by atoms with E-state index in [0.717, 1.165) is 43.9 Å². The van der Waals surface area contributed by atoms with Crippen LogP contribution in [0, 0.1) is 0 Å². The van der Waals surface area contributed by atoms with E-state index in [1.165, 1.54) is 5.56 Å². The van der Waals surface area contributed by atoms with E-state index in [0.29, 0.717) is 0 Å². The molecule has 0 radical (unpaired) electrons. The zero-order chi connectivity index (χ0) is 12.1. The zero-order valence-corrected chi connectivity index (χ0v) is 10.1. The predicted molar refractivity (Wildman–Crippen MR) is 66.7 cm³/mol. The van der Waals surface area contributed by atoms with Gasteiger partial charge in [-0.15, -0.1) is 0 Å². The number of piperidine rings is 1. The summed E-state index contributed by atoms with van der Waals surface area (Å²) < 4.78 is 5.13. The van der Waals surface area contributed by atoms with E-state index < -0.39 is 0 Å². The topological polar surface area (TPSA) is 45.1 Å². The molecular formula is C13H18N2O2. The van der Waals surface area contributed by atoms with E-state index >= 15 is 0 Å². The van der Waals surface area contributed by atoms with E-state index in [1.54, 1.807) is 7.11 Å². The number of oxime groups is 1. The van der Waals surface area contributed by atoms with E-state index in [1.807, 2.05) is 12.1 Å². The van der Waals surface area contributed by atoms with Crippen molar-refractivity contribution in [3.8, 4) is 5.75 Å². The molecule has 1 aromatic carbocycles. The van der Waals surface area contributed by atoms with Crippen molar-refractivity contribution < 1.29 is 9.94 Å². The first-order valence-corrected chi connectivity index (χ1v) is 5.87. The van der Waals surface area contributed by atoms with Crippen molar-refractivity contribution in [2.45, 2.75) is 19.4 Å². The second-order valence-corrected chi connectivity index (χ2v) is 4.29. The Hall–Kier alpha value is -1.55. The van der Waals surface area contributed by atoms with Gasteiger partial charge in [0.05, 0.1) is 12.8 Å². The predicted octanol–water partition coefficient (Wildman–Crippen LogP) is 2.12. The molecule has 2 rings (SSSR count). The van der Waals surface area contributed by atoms with E-state index in [-0.39, 0.29) is 0 Å². The summed E-state index contributed by atoms with van der Waals surface area (Å²) in [5.74, 6) is 0.891. The molecule has 0 saturated carbocycles. The second-order valence-electron chi connectivity index (χ2n) is 4.29. The van der Waals surface area contributed by atoms with Crippen LogP contribution in [-0.2, 0) is 6.54 Å². The summed E-state index contributed by atoms with van der Waals surface area (Å²) in [5.41, 5.74) is 2.20. The highest BCUT2D eigenvalue weighted by molar-refractivity contribution is 5.84. The lowest BCUT2D eigenvalue weighted by Gasteiger charge is -2.26. The molecule has 0 amide bonds. The summed E-state index contributed by atoms with van der Waals surface area (Å²) in [7, 11) is 1.68. The van der Waals surface area contributed by atoms with Crippen LogP contribution in [0.3, 0.4) is 0 Å². The fourth-order valence-electron chi connectivity index (χ4n) is 2.06. The monoisotopic (exact) mass is 234 g/mol. The third-order valence-corrected chi connectivity index (χ3v) is 3.14. The highest BCUT2D eigenvalue weighted by Crippen LogP contribution is 2.15. The SMILES string of the molecule is COc1ccc(CN2CCC(=NO)CC2)cc1. The number of ether oxygens (including phenoxy) is 1. The minimum Gasteiger partial charge on any atom is -0.497 e. The Balaban J connectivity index is 1.88. The maximum absolute atomic E-state index is 8.68. The largest absolute Gasteiger partial charge is 0.497 e. The number of benzene rings is 1. The molecule has 0 spiro atoms. The van der Waals surface area contributed by atoms with E-state index in [9.17, 15) is 0 Å². The molecule has 4 heteroatoms. The fourth-order valence-corrected chi connectivity index (χ4v) is 2.06. The fraction of sp³-hybridized carbons (Fsp3) is 0.462. The molecule has 1 heterocycles. The minimum atomic E-state index is 0.868. The molecule has 1 N–H and O–H groups in total. The van der Waals surface area contributed by atoms with Gasteiger partial charge < -0.3 is 9.94 Å². The normalized spacial score (nSPS) is 16.9. The van der Waals surface area contributed by atoms with Gasteiger partial charge in [-0.25, -0.2) is 0 Å². The van der Waals surface area contributed by atoms with Crippen molar-refractivity contribution in [3.05, 3.63) is 29.8 Å². The quantitative estimate of drug-likeness (QED) is 0.643. The number of hydrogen-bond donors (Lipinski definition) is 1. The molecular weight excluding hydrogens is 216 g/mol. The third-order valence-electron chi connectivity index (χ3n) is 3.14. The first kappa shape index (κ1) is 11.9. The van der Waals surface area contributed by atoms with Gasteiger partial charge >= 0.3 is 0 Å². The van der Waals surface area contributed by atoms with Gasteiger partial charge in [-0.3, -0.25) is 4.90 Å². The molecule has 1 aliphatic heterocycles. The van der Waals surface area contributed by atoms with Gasteiger partial charge in [0.15, 0.2) is 0 Å². The lowest BCUT2D eigenvalue weighted by molar-refractivity contribution is 0.256. The van der Waals surface area contributed by atoms with Gasteiger partial charge in [-0.2, -0.15) is 0 Å². The Morgan fingerprint density at radius 2 is 1.88 bits per heavy atom. The molecule has 1 aliphatic rings.